The molecule has 1 aromatic heterocycles. The molecule has 146 valence electrons. The number of ether oxygens (including phenoxy) is 1. The van der Waals surface area contributed by atoms with Crippen molar-refractivity contribution in [3.63, 3.8) is 0 Å². The fourth-order valence-corrected chi connectivity index (χ4v) is 3.92. The Morgan fingerprint density at radius 2 is 2.04 bits per heavy atom. The number of hydrogen-bond donors (Lipinski definition) is 1. The van der Waals surface area contributed by atoms with Crippen LogP contribution in [0.1, 0.15) is 24.8 Å². The van der Waals surface area contributed by atoms with E-state index in [1.54, 1.807) is 11.6 Å². The molecular formula is C23H27N3O2. The molecule has 5 heteroatoms. The largest absolute Gasteiger partial charge is 0.494 e. The lowest BCUT2D eigenvalue weighted by atomic mass is 10.0. The van der Waals surface area contributed by atoms with Gasteiger partial charge in [-0.15, -0.1) is 0 Å². The second kappa shape index (κ2) is 8.15. The molecule has 1 fully saturated rings. The summed E-state index contributed by atoms with van der Waals surface area (Å²) in [6.45, 7) is 5.02. The molecule has 4 rings (SSSR count). The topological polar surface area (TPSA) is 56.1 Å². The Morgan fingerprint density at radius 3 is 2.79 bits per heavy atom. The number of fused-ring (bicyclic) bond motifs is 1. The number of nitrogens with one attached hydrogen (secondary N) is 1. The van der Waals surface area contributed by atoms with Gasteiger partial charge in [0, 0.05) is 12.6 Å². The molecule has 1 saturated heterocycles. The lowest BCUT2D eigenvalue weighted by Gasteiger charge is -2.12. The van der Waals surface area contributed by atoms with Crippen LogP contribution in [-0.4, -0.2) is 29.2 Å². The number of para-hydroxylation sites is 1. The van der Waals surface area contributed by atoms with Crippen molar-refractivity contribution in [1.82, 2.24) is 14.9 Å². The molecule has 5 nitrogen and oxygen atoms in total. The van der Waals surface area contributed by atoms with Crippen LogP contribution in [0.2, 0.25) is 0 Å². The van der Waals surface area contributed by atoms with Crippen LogP contribution < -0.4 is 15.6 Å². The Bertz CT molecular complexity index is 1020. The van der Waals surface area contributed by atoms with Crippen molar-refractivity contribution in [2.45, 2.75) is 26.2 Å². The highest BCUT2D eigenvalue weighted by molar-refractivity contribution is 5.82. The third kappa shape index (κ3) is 3.80. The monoisotopic (exact) mass is 377 g/mol. The third-order valence-electron chi connectivity index (χ3n) is 5.61. The minimum absolute atomic E-state index is 0.0228. The van der Waals surface area contributed by atoms with E-state index in [0.29, 0.717) is 11.2 Å². The van der Waals surface area contributed by atoms with Gasteiger partial charge < -0.3 is 10.1 Å². The third-order valence-corrected chi connectivity index (χ3v) is 5.61. The first-order valence-electron chi connectivity index (χ1n) is 10.0. The fourth-order valence-electron chi connectivity index (χ4n) is 3.92. The predicted molar refractivity (Wildman–Crippen MR) is 113 cm³/mol. The number of aromatic nitrogens is 2. The van der Waals surface area contributed by atoms with Crippen LogP contribution in [0, 0.1) is 12.8 Å². The maximum atomic E-state index is 12.7. The summed E-state index contributed by atoms with van der Waals surface area (Å²) in [5.41, 5.74) is 2.66. The molecule has 1 aliphatic heterocycles. The number of rotatable bonds is 6. The Morgan fingerprint density at radius 1 is 1.21 bits per heavy atom. The van der Waals surface area contributed by atoms with Gasteiger partial charge in [-0.2, -0.15) is 0 Å². The van der Waals surface area contributed by atoms with Crippen LogP contribution in [0.15, 0.2) is 47.3 Å². The maximum absolute atomic E-state index is 12.7. The van der Waals surface area contributed by atoms with E-state index in [1.165, 1.54) is 12.8 Å². The summed E-state index contributed by atoms with van der Waals surface area (Å²) in [5, 5.41) is 4.06. The van der Waals surface area contributed by atoms with Crippen molar-refractivity contribution in [3.8, 4) is 17.1 Å². The smallest absolute Gasteiger partial charge is 0.261 e. The molecule has 0 bridgehead atoms. The van der Waals surface area contributed by atoms with E-state index < -0.39 is 0 Å². The highest BCUT2D eigenvalue weighted by Crippen LogP contribution is 2.23. The average Bonchev–Trinajstić information content (AvgIpc) is 3.23. The number of hydrogen-bond acceptors (Lipinski definition) is 4. The van der Waals surface area contributed by atoms with Crippen LogP contribution in [0.5, 0.6) is 5.75 Å². The minimum atomic E-state index is -0.0228. The van der Waals surface area contributed by atoms with E-state index in [-0.39, 0.29) is 5.56 Å². The highest BCUT2D eigenvalue weighted by Gasteiger charge is 2.14. The minimum Gasteiger partial charge on any atom is -0.494 e. The molecule has 0 aliphatic carbocycles. The highest BCUT2D eigenvalue weighted by atomic mass is 16.5. The maximum Gasteiger partial charge on any atom is 0.261 e. The van der Waals surface area contributed by atoms with Crippen molar-refractivity contribution in [1.29, 1.82) is 0 Å². The van der Waals surface area contributed by atoms with Crippen LogP contribution in [0.3, 0.4) is 0 Å². The van der Waals surface area contributed by atoms with Crippen LogP contribution in [0.4, 0.5) is 0 Å². The molecule has 0 amide bonds. The average molecular weight is 377 g/mol. The Hall–Kier alpha value is -2.66. The molecule has 0 spiro atoms. The number of nitrogens with zero attached hydrogens (tertiary/aromatic N) is 2. The molecule has 2 heterocycles. The Balaban J connectivity index is 1.48. The van der Waals surface area contributed by atoms with Gasteiger partial charge in [-0.1, -0.05) is 12.1 Å². The van der Waals surface area contributed by atoms with Crippen molar-refractivity contribution >= 4 is 10.9 Å². The molecule has 28 heavy (non-hydrogen) atoms. The zero-order valence-electron chi connectivity index (χ0n) is 16.6. The standard InChI is InChI=1S/C23H27N3O2/c1-16-5-3-7-20-21(16)25-22(26(2)23(20)27)18-8-10-19(11-9-18)28-14-4-6-17-12-13-24-15-17/h3,5,7-11,17,24H,4,6,12-15H2,1-2H3. The molecule has 0 radical (unpaired) electrons. The van der Waals surface area contributed by atoms with E-state index in [4.69, 9.17) is 9.72 Å². The molecule has 0 saturated carbocycles. The first-order chi connectivity index (χ1) is 13.6. The number of aryl methyl sites for hydroxylation is 1. The van der Waals surface area contributed by atoms with Gasteiger partial charge in [-0.25, -0.2) is 4.98 Å². The van der Waals surface area contributed by atoms with E-state index in [1.807, 2.05) is 49.4 Å². The molecule has 1 aliphatic rings. The van der Waals surface area contributed by atoms with Gasteiger partial charge in [-0.05, 0) is 81.1 Å². The Kier molecular flexibility index (Phi) is 5.44. The fraction of sp³-hybridized carbons (Fsp3) is 0.391. The molecule has 1 unspecified atom stereocenters. The summed E-state index contributed by atoms with van der Waals surface area (Å²) in [5.74, 6) is 2.33. The second-order valence-corrected chi connectivity index (χ2v) is 7.64. The first kappa shape index (κ1) is 18.7. The first-order valence-corrected chi connectivity index (χ1v) is 10.0. The van der Waals surface area contributed by atoms with Gasteiger partial charge in [0.15, 0.2) is 0 Å². The summed E-state index contributed by atoms with van der Waals surface area (Å²) in [4.78, 5) is 17.5. The van der Waals surface area contributed by atoms with Gasteiger partial charge in [0.1, 0.15) is 11.6 Å². The summed E-state index contributed by atoms with van der Waals surface area (Å²) >= 11 is 0. The van der Waals surface area contributed by atoms with E-state index in [0.717, 1.165) is 54.4 Å². The van der Waals surface area contributed by atoms with Crippen LogP contribution >= 0.6 is 0 Å². The quantitative estimate of drug-likeness (QED) is 0.666. The Labute approximate surface area is 165 Å². The zero-order chi connectivity index (χ0) is 19.5. The van der Waals surface area contributed by atoms with Crippen LogP contribution in [-0.2, 0) is 7.05 Å². The van der Waals surface area contributed by atoms with Gasteiger partial charge in [0.25, 0.3) is 5.56 Å². The van der Waals surface area contributed by atoms with Crippen LogP contribution in [0.25, 0.3) is 22.3 Å². The predicted octanol–water partition coefficient (Wildman–Crippen LogP) is 3.68. The molecule has 1 atom stereocenters. The van der Waals surface area contributed by atoms with E-state index in [2.05, 4.69) is 5.32 Å². The number of benzene rings is 2. The van der Waals surface area contributed by atoms with Crippen molar-refractivity contribution < 1.29 is 4.74 Å². The van der Waals surface area contributed by atoms with Gasteiger partial charge in [0.05, 0.1) is 17.5 Å². The second-order valence-electron chi connectivity index (χ2n) is 7.64. The van der Waals surface area contributed by atoms with Gasteiger partial charge in [-0.3, -0.25) is 9.36 Å². The molecular weight excluding hydrogens is 350 g/mol. The van der Waals surface area contributed by atoms with Gasteiger partial charge >= 0.3 is 0 Å². The van der Waals surface area contributed by atoms with E-state index >= 15 is 0 Å². The lowest BCUT2D eigenvalue weighted by molar-refractivity contribution is 0.295. The molecule has 1 N–H and O–H groups in total. The van der Waals surface area contributed by atoms with Crippen molar-refractivity contribution in [2.24, 2.45) is 13.0 Å². The van der Waals surface area contributed by atoms with E-state index in [9.17, 15) is 4.79 Å². The van der Waals surface area contributed by atoms with Crippen molar-refractivity contribution in [3.05, 3.63) is 58.4 Å². The zero-order valence-corrected chi connectivity index (χ0v) is 16.6. The van der Waals surface area contributed by atoms with Crippen molar-refractivity contribution in [2.75, 3.05) is 19.7 Å². The summed E-state index contributed by atoms with van der Waals surface area (Å²) in [6.07, 6.45) is 3.58. The summed E-state index contributed by atoms with van der Waals surface area (Å²) in [7, 11) is 1.77. The van der Waals surface area contributed by atoms with Gasteiger partial charge in [0.2, 0.25) is 0 Å². The molecule has 2 aromatic carbocycles. The summed E-state index contributed by atoms with van der Waals surface area (Å²) in [6, 6.07) is 13.6. The molecule has 3 aromatic rings. The normalized spacial score (nSPS) is 16.6. The lowest BCUT2D eigenvalue weighted by Crippen LogP contribution is -2.20. The summed E-state index contributed by atoms with van der Waals surface area (Å²) < 4.78 is 7.51. The SMILES string of the molecule is Cc1cccc2c(=O)n(C)c(-c3ccc(OCCCC4CCNC4)cc3)nc12.